The Balaban J connectivity index is 5.19. The van der Waals surface area contributed by atoms with Crippen molar-refractivity contribution in [1.82, 2.24) is 0 Å². The van der Waals surface area contributed by atoms with Crippen molar-refractivity contribution >= 4 is 39.5 Å². The summed E-state index contributed by atoms with van der Waals surface area (Å²) in [5.41, 5.74) is 0. The summed E-state index contributed by atoms with van der Waals surface area (Å²) in [5, 5.41) is 10.6. The molecule has 0 fully saturated rings. The van der Waals surface area contributed by atoms with Gasteiger partial charge in [0, 0.05) is 25.7 Å². The molecular formula is C76H148O17P2. The molecule has 3 N–H and O–H groups in total. The summed E-state index contributed by atoms with van der Waals surface area (Å²) >= 11 is 0. The van der Waals surface area contributed by atoms with Crippen molar-refractivity contribution in [2.75, 3.05) is 39.6 Å². The Morgan fingerprint density at radius 2 is 0.505 bits per heavy atom. The maximum Gasteiger partial charge on any atom is 0.472 e. The summed E-state index contributed by atoms with van der Waals surface area (Å²) in [6.07, 6.45) is 50.1. The van der Waals surface area contributed by atoms with Crippen molar-refractivity contribution < 1.29 is 80.2 Å². The SMILES string of the molecule is CCC(C)CCCCCCCCCCCCC(=O)O[C@H](COC(=O)CCCCCCCCC(C)CC)COP(=O)(O)OC[C@H](O)COP(=O)(O)OC[C@@H](COC(=O)CCCCCCCCCC(C)C)OC(=O)CCCCCCCCCCCCCCCCCCCCC(C)C. The Kier molecular flexibility index (Phi) is 64.0. The monoisotopic (exact) mass is 1400 g/mol. The van der Waals surface area contributed by atoms with Gasteiger partial charge in [-0.3, -0.25) is 37.3 Å². The summed E-state index contributed by atoms with van der Waals surface area (Å²) in [4.78, 5) is 72.7. The molecule has 0 amide bonds. The number of phosphoric ester groups is 2. The molecule has 0 aromatic rings. The average Bonchev–Trinajstić information content (AvgIpc) is 1.37. The quantitative estimate of drug-likeness (QED) is 0.0222. The molecule has 95 heavy (non-hydrogen) atoms. The van der Waals surface area contributed by atoms with E-state index in [-0.39, 0.29) is 25.7 Å². The second-order valence-corrected chi connectivity index (χ2v) is 31.7. The number of hydrogen-bond donors (Lipinski definition) is 3. The molecule has 0 bridgehead atoms. The van der Waals surface area contributed by atoms with Crippen LogP contribution in [0.15, 0.2) is 0 Å². The van der Waals surface area contributed by atoms with Crippen LogP contribution in [0, 0.1) is 23.7 Å². The predicted molar refractivity (Wildman–Crippen MR) is 386 cm³/mol. The van der Waals surface area contributed by atoms with E-state index in [4.69, 9.17) is 37.0 Å². The summed E-state index contributed by atoms with van der Waals surface area (Å²) in [6.45, 7) is 14.2. The summed E-state index contributed by atoms with van der Waals surface area (Å²) in [5.74, 6) is 0.935. The number of aliphatic hydroxyl groups excluding tert-OH is 1. The van der Waals surface area contributed by atoms with E-state index in [0.717, 1.165) is 120 Å². The molecular weight excluding hydrogens is 1250 g/mol. The number of phosphoric acid groups is 2. The zero-order chi connectivity index (χ0) is 70.3. The van der Waals surface area contributed by atoms with Gasteiger partial charge in [0.2, 0.25) is 0 Å². The first-order valence-corrected chi connectivity index (χ1v) is 42.3. The van der Waals surface area contributed by atoms with Crippen molar-refractivity contribution in [3.8, 4) is 0 Å². The number of unbranched alkanes of at least 4 members (excludes halogenated alkanes) is 37. The van der Waals surface area contributed by atoms with E-state index in [1.807, 2.05) is 0 Å². The van der Waals surface area contributed by atoms with Gasteiger partial charge in [0.25, 0.3) is 0 Å². The van der Waals surface area contributed by atoms with Gasteiger partial charge in [0.1, 0.15) is 19.3 Å². The van der Waals surface area contributed by atoms with Gasteiger partial charge < -0.3 is 33.8 Å². The van der Waals surface area contributed by atoms with Crippen molar-refractivity contribution in [3.05, 3.63) is 0 Å². The first kappa shape index (κ1) is 93.1. The lowest BCUT2D eigenvalue weighted by Gasteiger charge is -2.21. The van der Waals surface area contributed by atoms with Crippen LogP contribution in [0.3, 0.4) is 0 Å². The third kappa shape index (κ3) is 67.6. The maximum atomic E-state index is 13.1. The van der Waals surface area contributed by atoms with Crippen LogP contribution in [-0.4, -0.2) is 96.7 Å². The van der Waals surface area contributed by atoms with Gasteiger partial charge in [-0.25, -0.2) is 9.13 Å². The molecule has 4 unspecified atom stereocenters. The van der Waals surface area contributed by atoms with Gasteiger partial charge in [-0.15, -0.1) is 0 Å². The summed E-state index contributed by atoms with van der Waals surface area (Å²) in [7, 11) is -9.91. The molecule has 0 radical (unpaired) electrons. The zero-order valence-electron chi connectivity index (χ0n) is 62.3. The van der Waals surface area contributed by atoms with Crippen LogP contribution in [-0.2, 0) is 65.4 Å². The number of carbonyl (C=O) groups is 4. The van der Waals surface area contributed by atoms with Crippen molar-refractivity contribution in [3.63, 3.8) is 0 Å². The van der Waals surface area contributed by atoms with Gasteiger partial charge in [0.15, 0.2) is 12.2 Å². The van der Waals surface area contributed by atoms with E-state index in [9.17, 15) is 43.2 Å². The van der Waals surface area contributed by atoms with Gasteiger partial charge in [-0.2, -0.15) is 0 Å². The Morgan fingerprint density at radius 1 is 0.295 bits per heavy atom. The molecule has 0 saturated carbocycles. The minimum atomic E-state index is -4.96. The highest BCUT2D eigenvalue weighted by Gasteiger charge is 2.30. The molecule has 0 aliphatic carbocycles. The molecule has 0 rings (SSSR count). The number of ether oxygens (including phenoxy) is 4. The van der Waals surface area contributed by atoms with E-state index < -0.39 is 97.5 Å². The van der Waals surface area contributed by atoms with E-state index in [2.05, 4.69) is 55.4 Å². The molecule has 0 spiro atoms. The molecule has 0 aromatic carbocycles. The van der Waals surface area contributed by atoms with Crippen LogP contribution in [0.1, 0.15) is 383 Å². The topological polar surface area (TPSA) is 237 Å². The maximum absolute atomic E-state index is 13.1. The third-order valence-electron chi connectivity index (χ3n) is 18.3. The van der Waals surface area contributed by atoms with E-state index in [1.165, 1.54) is 173 Å². The Morgan fingerprint density at radius 3 is 0.747 bits per heavy atom. The Bertz CT molecular complexity index is 1870. The lowest BCUT2D eigenvalue weighted by Crippen LogP contribution is -2.30. The minimum absolute atomic E-state index is 0.105. The summed E-state index contributed by atoms with van der Waals surface area (Å²) in [6, 6.07) is 0. The number of rotatable bonds is 73. The highest BCUT2D eigenvalue weighted by molar-refractivity contribution is 7.47. The molecule has 0 aliphatic rings. The largest absolute Gasteiger partial charge is 0.472 e. The third-order valence-corrected chi connectivity index (χ3v) is 20.2. The lowest BCUT2D eigenvalue weighted by atomic mass is 9.99. The molecule has 0 aromatic heterocycles. The first-order chi connectivity index (χ1) is 45.7. The van der Waals surface area contributed by atoms with Gasteiger partial charge in [-0.1, -0.05) is 331 Å². The number of hydrogen-bond acceptors (Lipinski definition) is 15. The Hall–Kier alpha value is -1.94. The highest BCUT2D eigenvalue weighted by Crippen LogP contribution is 2.45. The smallest absolute Gasteiger partial charge is 0.462 e. The predicted octanol–water partition coefficient (Wildman–Crippen LogP) is 22.0. The van der Waals surface area contributed by atoms with Crippen LogP contribution in [0.2, 0.25) is 0 Å². The normalized spacial score (nSPS) is 14.7. The average molecular weight is 1400 g/mol. The van der Waals surface area contributed by atoms with Gasteiger partial charge in [0.05, 0.1) is 26.4 Å². The van der Waals surface area contributed by atoms with Gasteiger partial charge >= 0.3 is 39.5 Å². The lowest BCUT2D eigenvalue weighted by molar-refractivity contribution is -0.161. The van der Waals surface area contributed by atoms with Crippen LogP contribution >= 0.6 is 15.6 Å². The number of esters is 4. The van der Waals surface area contributed by atoms with Crippen LogP contribution in [0.4, 0.5) is 0 Å². The first-order valence-electron chi connectivity index (χ1n) is 39.3. The van der Waals surface area contributed by atoms with Crippen molar-refractivity contribution in [2.24, 2.45) is 23.7 Å². The standard InChI is InChI=1S/C76H148O17P2/c1-9-68(7)54-46-38-30-24-21-22-26-32-43-51-59-76(81)93-72(63-87-74(79)57-49-41-35-34-39-47-55-69(8)10-2)65-91-95(84,85)89-61-70(77)60-88-94(82,83)90-64-71(62-86-73(78)56-48-40-33-27-29-37-45-53-67(5)6)92-75(80)58-50-42-31-25-20-18-16-14-12-11-13-15-17-19-23-28-36-44-52-66(3)4/h66-72,77H,9-65H2,1-8H3,(H,82,83)(H,84,85)/t68?,69?,70-,71-,72-/m1/s1. The number of aliphatic hydroxyl groups is 1. The molecule has 19 heteroatoms. The highest BCUT2D eigenvalue weighted by atomic mass is 31.2. The van der Waals surface area contributed by atoms with Crippen molar-refractivity contribution in [2.45, 2.75) is 401 Å². The van der Waals surface area contributed by atoms with Crippen LogP contribution < -0.4 is 0 Å². The molecule has 0 saturated heterocycles. The zero-order valence-corrected chi connectivity index (χ0v) is 64.1. The molecule has 7 atom stereocenters. The van der Waals surface area contributed by atoms with Crippen LogP contribution in [0.25, 0.3) is 0 Å². The fourth-order valence-corrected chi connectivity index (χ4v) is 13.1. The van der Waals surface area contributed by atoms with E-state index >= 15 is 0 Å². The van der Waals surface area contributed by atoms with Gasteiger partial charge in [-0.05, 0) is 49.4 Å². The fraction of sp³-hybridized carbons (Fsp3) is 0.947. The minimum Gasteiger partial charge on any atom is -0.462 e. The molecule has 0 aliphatic heterocycles. The van der Waals surface area contributed by atoms with E-state index in [0.29, 0.717) is 31.6 Å². The second-order valence-electron chi connectivity index (χ2n) is 28.8. The second kappa shape index (κ2) is 65.4. The molecule has 0 heterocycles. The molecule has 564 valence electrons. The number of carbonyl (C=O) groups excluding carboxylic acids is 4. The van der Waals surface area contributed by atoms with Crippen LogP contribution in [0.5, 0.6) is 0 Å². The molecule has 17 nitrogen and oxygen atoms in total. The fourth-order valence-electron chi connectivity index (χ4n) is 11.5. The Labute approximate surface area is 581 Å². The summed E-state index contributed by atoms with van der Waals surface area (Å²) < 4.78 is 68.5. The van der Waals surface area contributed by atoms with Crippen molar-refractivity contribution in [1.29, 1.82) is 0 Å². The van der Waals surface area contributed by atoms with E-state index in [1.54, 1.807) is 0 Å².